The average molecular weight is 761 g/mol. The van der Waals surface area contributed by atoms with E-state index in [0.29, 0.717) is 43.6 Å². The van der Waals surface area contributed by atoms with Gasteiger partial charge >= 0.3 is 0 Å². The lowest BCUT2D eigenvalue weighted by molar-refractivity contribution is -0.0478. The molecular weight excluding hydrogens is 705 g/mol. The Morgan fingerprint density at radius 3 is 1.55 bits per heavy atom. The number of halogens is 4. The van der Waals surface area contributed by atoms with Crippen LogP contribution < -0.4 is 10.0 Å². The minimum absolute atomic E-state index is 0.00208. The van der Waals surface area contributed by atoms with Gasteiger partial charge in [-0.15, -0.1) is 0 Å². The first-order valence-electron chi connectivity index (χ1n) is 19.0. The monoisotopic (exact) mass is 760 g/mol. The fourth-order valence-corrected chi connectivity index (χ4v) is 9.38. The van der Waals surface area contributed by atoms with E-state index in [-0.39, 0.29) is 53.6 Å². The topological polar surface area (TPSA) is 99.0 Å². The third-order valence-electron chi connectivity index (χ3n) is 11.1. The normalized spacial score (nSPS) is 20.1. The van der Waals surface area contributed by atoms with Gasteiger partial charge in [-0.3, -0.25) is 4.31 Å². The molecule has 0 saturated heterocycles. The average Bonchev–Trinajstić information content (AvgIpc) is 3.78. The lowest BCUT2D eigenvalue weighted by Crippen LogP contribution is -2.29. The SMILES string of the molecule is CC(C)(C)c1nc2cc(N)ccc2n1CC1CCC(F)(F)CC1.CN(c1ccc2c(c1)nc(C(C)(C)C)n2CC1CCC(F)(F)CC1)S(=O)(=O)C1CC1. The van der Waals surface area contributed by atoms with Crippen LogP contribution in [0.1, 0.15) is 117 Å². The molecule has 292 valence electrons. The molecule has 2 heterocycles. The fourth-order valence-electron chi connectivity index (χ4n) is 7.79. The number of benzene rings is 2. The summed E-state index contributed by atoms with van der Waals surface area (Å²) in [6.45, 7) is 14.1. The van der Waals surface area contributed by atoms with E-state index in [1.807, 2.05) is 36.4 Å². The van der Waals surface area contributed by atoms with Gasteiger partial charge in [0.2, 0.25) is 21.9 Å². The number of hydrogen-bond donors (Lipinski definition) is 1. The molecule has 0 aliphatic heterocycles. The van der Waals surface area contributed by atoms with Gasteiger partial charge in [-0.2, -0.15) is 0 Å². The van der Waals surface area contributed by atoms with Crippen LogP contribution >= 0.6 is 0 Å². The predicted molar refractivity (Wildman–Crippen MR) is 205 cm³/mol. The van der Waals surface area contributed by atoms with Gasteiger partial charge in [0.1, 0.15) is 11.6 Å². The molecule has 2 aromatic carbocycles. The molecule has 0 atom stereocenters. The van der Waals surface area contributed by atoms with Crippen molar-refractivity contribution in [1.82, 2.24) is 19.1 Å². The number of rotatable bonds is 7. The molecule has 0 spiro atoms. The minimum atomic E-state index is -3.33. The van der Waals surface area contributed by atoms with Crippen LogP contribution in [-0.4, -0.2) is 51.7 Å². The van der Waals surface area contributed by atoms with E-state index in [1.54, 1.807) is 7.05 Å². The quantitative estimate of drug-likeness (QED) is 0.149. The van der Waals surface area contributed by atoms with Crippen LogP contribution in [0.5, 0.6) is 0 Å². The number of hydrogen-bond acceptors (Lipinski definition) is 5. The van der Waals surface area contributed by atoms with Gasteiger partial charge in [-0.25, -0.2) is 35.9 Å². The van der Waals surface area contributed by atoms with Crippen LogP contribution in [0, 0.1) is 11.8 Å². The number of nitrogens with two attached hydrogens (primary N) is 1. The van der Waals surface area contributed by atoms with E-state index >= 15 is 0 Å². The Hall–Kier alpha value is -3.35. The summed E-state index contributed by atoms with van der Waals surface area (Å²) in [7, 11) is -1.73. The van der Waals surface area contributed by atoms with Crippen LogP contribution in [-0.2, 0) is 33.9 Å². The van der Waals surface area contributed by atoms with Crippen LogP contribution in [0.3, 0.4) is 0 Å². The minimum Gasteiger partial charge on any atom is -0.399 e. The summed E-state index contributed by atoms with van der Waals surface area (Å²) < 4.78 is 84.9. The van der Waals surface area contributed by atoms with Crippen molar-refractivity contribution in [3.63, 3.8) is 0 Å². The highest BCUT2D eigenvalue weighted by Gasteiger charge is 2.40. The third kappa shape index (κ3) is 8.81. The van der Waals surface area contributed by atoms with Crippen molar-refractivity contribution in [2.45, 2.75) is 147 Å². The van der Waals surface area contributed by atoms with Crippen LogP contribution in [0.2, 0.25) is 0 Å². The van der Waals surface area contributed by atoms with Crippen molar-refractivity contribution < 1.29 is 26.0 Å². The maximum Gasteiger partial charge on any atom is 0.248 e. The zero-order valence-electron chi connectivity index (χ0n) is 32.2. The zero-order valence-corrected chi connectivity index (χ0v) is 33.0. The maximum absolute atomic E-state index is 13.6. The molecule has 0 unspecified atom stereocenters. The van der Waals surface area contributed by atoms with E-state index in [2.05, 4.69) is 50.7 Å². The molecule has 2 N–H and O–H groups in total. The Labute approximate surface area is 311 Å². The second kappa shape index (κ2) is 14.1. The number of nitrogens with zero attached hydrogens (tertiary/aromatic N) is 5. The number of anilines is 2. The largest absolute Gasteiger partial charge is 0.399 e. The second-order valence-electron chi connectivity index (χ2n) is 17.8. The van der Waals surface area contributed by atoms with E-state index in [9.17, 15) is 26.0 Å². The van der Waals surface area contributed by atoms with Crippen LogP contribution in [0.4, 0.5) is 28.9 Å². The molecule has 53 heavy (non-hydrogen) atoms. The van der Waals surface area contributed by atoms with Gasteiger partial charge in [0.15, 0.2) is 0 Å². The second-order valence-corrected chi connectivity index (χ2v) is 20.1. The summed E-state index contributed by atoms with van der Waals surface area (Å²) >= 11 is 0. The molecular formula is C40H56F4N6O2S. The van der Waals surface area contributed by atoms with Crippen molar-refractivity contribution in [2.75, 3.05) is 17.1 Å². The van der Waals surface area contributed by atoms with Crippen molar-refractivity contribution in [1.29, 1.82) is 0 Å². The predicted octanol–water partition coefficient (Wildman–Crippen LogP) is 9.83. The third-order valence-corrected chi connectivity index (χ3v) is 13.4. The van der Waals surface area contributed by atoms with Crippen molar-refractivity contribution in [3.8, 4) is 0 Å². The maximum atomic E-state index is 13.6. The summed E-state index contributed by atoms with van der Waals surface area (Å²) in [4.78, 5) is 9.63. The van der Waals surface area contributed by atoms with Gasteiger partial charge in [0, 0.05) is 62.3 Å². The first-order chi connectivity index (χ1) is 24.5. The molecule has 2 aromatic heterocycles. The van der Waals surface area contributed by atoms with E-state index in [4.69, 9.17) is 15.7 Å². The number of imidazole rings is 2. The first-order valence-corrected chi connectivity index (χ1v) is 20.5. The molecule has 0 amide bonds. The summed E-state index contributed by atoms with van der Waals surface area (Å²) in [5, 5.41) is -0.273. The van der Waals surface area contributed by atoms with Crippen molar-refractivity contribution in [2.24, 2.45) is 11.8 Å². The number of fused-ring (bicyclic) bond motifs is 2. The molecule has 13 heteroatoms. The van der Waals surface area contributed by atoms with Crippen LogP contribution in [0.15, 0.2) is 36.4 Å². The molecule has 4 aromatic rings. The Kier molecular flexibility index (Phi) is 10.4. The molecule has 3 saturated carbocycles. The molecule has 7 rings (SSSR count). The highest BCUT2D eigenvalue weighted by molar-refractivity contribution is 7.93. The van der Waals surface area contributed by atoms with Gasteiger partial charge in [-0.05, 0) is 86.8 Å². The molecule has 3 fully saturated rings. The van der Waals surface area contributed by atoms with Gasteiger partial charge in [0.05, 0.1) is 33.0 Å². The summed E-state index contributed by atoms with van der Waals surface area (Å²) in [5.74, 6) is -2.64. The highest BCUT2D eigenvalue weighted by atomic mass is 32.2. The highest BCUT2D eigenvalue weighted by Crippen LogP contribution is 2.40. The zero-order chi connectivity index (χ0) is 38.7. The van der Waals surface area contributed by atoms with Gasteiger partial charge in [-0.1, -0.05) is 41.5 Å². The molecule has 0 radical (unpaired) electrons. The first kappa shape index (κ1) is 39.3. The number of aromatic nitrogens is 4. The lowest BCUT2D eigenvalue weighted by atomic mass is 9.86. The number of sulfonamides is 1. The standard InChI is InChI=1S/C22H31F2N3O2S.C18H25F2N3/c1-21(2,3)20-25-18-13-16(26(4)30(28,29)17-6-7-17)5-8-19(18)27(20)14-15-9-11-22(23,24)12-10-15;1-17(2,3)16-22-14-10-13(21)4-5-15(14)23(16)11-12-6-8-18(19,20)9-7-12/h5,8,13,15,17H,6-7,9-12,14H2,1-4H3;4-5,10,12H,6-9,11,21H2,1-3H3. The molecule has 0 bridgehead atoms. The molecule has 3 aliphatic carbocycles. The van der Waals surface area contributed by atoms with E-state index in [0.717, 1.165) is 53.1 Å². The van der Waals surface area contributed by atoms with E-state index in [1.165, 1.54) is 4.31 Å². The fraction of sp³-hybridized carbons (Fsp3) is 0.650. The summed E-state index contributed by atoms with van der Waals surface area (Å²) in [6.07, 6.45) is 3.51. The summed E-state index contributed by atoms with van der Waals surface area (Å²) in [6, 6.07) is 11.3. The molecule has 3 aliphatic rings. The smallest absolute Gasteiger partial charge is 0.248 e. The Balaban J connectivity index is 0.000000188. The number of alkyl halides is 4. The summed E-state index contributed by atoms with van der Waals surface area (Å²) in [5.41, 5.74) is 10.5. The Morgan fingerprint density at radius 2 is 1.13 bits per heavy atom. The van der Waals surface area contributed by atoms with E-state index < -0.39 is 21.9 Å². The lowest BCUT2D eigenvalue weighted by Gasteiger charge is -2.30. The Bertz CT molecular complexity index is 2040. The van der Waals surface area contributed by atoms with Gasteiger partial charge in [0.25, 0.3) is 0 Å². The van der Waals surface area contributed by atoms with Crippen molar-refractivity contribution >= 4 is 43.5 Å². The Morgan fingerprint density at radius 1 is 0.717 bits per heavy atom. The van der Waals surface area contributed by atoms with Crippen LogP contribution in [0.25, 0.3) is 22.1 Å². The van der Waals surface area contributed by atoms with Gasteiger partial charge < -0.3 is 14.9 Å². The molecule has 8 nitrogen and oxygen atoms in total. The van der Waals surface area contributed by atoms with Crippen molar-refractivity contribution in [3.05, 3.63) is 48.0 Å². The number of nitrogen functional groups attached to an aromatic ring is 1.